The molecule has 0 amide bonds. The van der Waals surface area contributed by atoms with Crippen LogP contribution in [0.4, 0.5) is 5.69 Å². The molecule has 0 spiro atoms. The third-order valence-corrected chi connectivity index (χ3v) is 3.11. The largest absolute Gasteiger partial charge is 0.380 e. The molecule has 0 unspecified atom stereocenters. The van der Waals surface area contributed by atoms with Crippen LogP contribution in [0.1, 0.15) is 11.1 Å². The smallest absolute Gasteiger partial charge is 0.0590 e. The number of aromatic nitrogens is 1. The van der Waals surface area contributed by atoms with Crippen LogP contribution < -0.4 is 11.1 Å². The number of benzene rings is 1. The molecule has 0 saturated heterocycles. The van der Waals surface area contributed by atoms with Crippen molar-refractivity contribution < 1.29 is 0 Å². The lowest BCUT2D eigenvalue weighted by molar-refractivity contribution is 1.05. The van der Waals surface area contributed by atoms with Gasteiger partial charge in [-0.05, 0) is 33.1 Å². The van der Waals surface area contributed by atoms with Gasteiger partial charge in [0, 0.05) is 25.5 Å². The van der Waals surface area contributed by atoms with Crippen LogP contribution in [-0.2, 0) is 13.1 Å². The third-order valence-electron chi connectivity index (χ3n) is 2.48. The summed E-state index contributed by atoms with van der Waals surface area (Å²) in [6.45, 7) is 1.35. The van der Waals surface area contributed by atoms with Gasteiger partial charge in [-0.2, -0.15) is 0 Å². The van der Waals surface area contributed by atoms with Crippen LogP contribution >= 0.6 is 15.9 Å². The average Bonchev–Trinajstić information content (AvgIpc) is 2.38. The minimum Gasteiger partial charge on any atom is -0.380 e. The summed E-state index contributed by atoms with van der Waals surface area (Å²) in [7, 11) is 0. The molecule has 17 heavy (non-hydrogen) atoms. The van der Waals surface area contributed by atoms with E-state index in [1.165, 1.54) is 5.56 Å². The van der Waals surface area contributed by atoms with Crippen molar-refractivity contribution in [3.8, 4) is 0 Å². The quantitative estimate of drug-likeness (QED) is 0.911. The van der Waals surface area contributed by atoms with E-state index >= 15 is 0 Å². The van der Waals surface area contributed by atoms with Gasteiger partial charge in [0.15, 0.2) is 0 Å². The summed E-state index contributed by atoms with van der Waals surface area (Å²) in [4.78, 5) is 4.02. The zero-order valence-corrected chi connectivity index (χ0v) is 10.9. The molecule has 0 fully saturated rings. The molecule has 3 N–H and O–H groups in total. The Kier molecular flexibility index (Phi) is 4.12. The van der Waals surface area contributed by atoms with Crippen LogP contribution in [0.3, 0.4) is 0 Å². The number of halogens is 1. The Labute approximate surface area is 109 Å². The maximum absolute atomic E-state index is 5.61. The molecular formula is C13H14BrN3. The number of pyridine rings is 1. The van der Waals surface area contributed by atoms with E-state index in [0.717, 1.165) is 22.3 Å². The van der Waals surface area contributed by atoms with Gasteiger partial charge in [0.25, 0.3) is 0 Å². The average molecular weight is 292 g/mol. The van der Waals surface area contributed by atoms with E-state index in [2.05, 4.69) is 38.4 Å². The summed E-state index contributed by atoms with van der Waals surface area (Å²) < 4.78 is 0.968. The summed E-state index contributed by atoms with van der Waals surface area (Å²) in [6.07, 6.45) is 3.54. The van der Waals surface area contributed by atoms with Crippen molar-refractivity contribution >= 4 is 21.6 Å². The molecule has 1 heterocycles. The Morgan fingerprint density at radius 2 is 2.06 bits per heavy atom. The molecule has 1 aromatic carbocycles. The van der Waals surface area contributed by atoms with E-state index in [0.29, 0.717) is 6.54 Å². The maximum Gasteiger partial charge on any atom is 0.0590 e. The van der Waals surface area contributed by atoms with Crippen molar-refractivity contribution in [2.45, 2.75) is 13.1 Å². The second-order valence-electron chi connectivity index (χ2n) is 3.73. The van der Waals surface area contributed by atoms with Crippen molar-refractivity contribution in [1.29, 1.82) is 0 Å². The highest BCUT2D eigenvalue weighted by atomic mass is 79.9. The van der Waals surface area contributed by atoms with Crippen LogP contribution in [0, 0.1) is 0 Å². The maximum atomic E-state index is 5.61. The van der Waals surface area contributed by atoms with Crippen molar-refractivity contribution in [3.05, 3.63) is 58.3 Å². The highest BCUT2D eigenvalue weighted by Gasteiger charge is 1.99. The number of hydrogen-bond acceptors (Lipinski definition) is 3. The monoisotopic (exact) mass is 291 g/mol. The van der Waals surface area contributed by atoms with Gasteiger partial charge in [-0.3, -0.25) is 4.98 Å². The first-order chi connectivity index (χ1) is 8.29. The highest BCUT2D eigenvalue weighted by molar-refractivity contribution is 9.10. The van der Waals surface area contributed by atoms with Gasteiger partial charge in [-0.15, -0.1) is 0 Å². The summed E-state index contributed by atoms with van der Waals surface area (Å²) in [6, 6.07) is 10.2. The van der Waals surface area contributed by atoms with Gasteiger partial charge in [-0.25, -0.2) is 0 Å². The first-order valence-electron chi connectivity index (χ1n) is 5.41. The Bertz CT molecular complexity index is 500. The van der Waals surface area contributed by atoms with Crippen LogP contribution in [0.2, 0.25) is 0 Å². The normalized spacial score (nSPS) is 10.2. The van der Waals surface area contributed by atoms with E-state index in [1.807, 2.05) is 18.2 Å². The second kappa shape index (κ2) is 5.80. The predicted octanol–water partition coefficient (Wildman–Crippen LogP) is 2.91. The van der Waals surface area contributed by atoms with Gasteiger partial charge in [0.2, 0.25) is 0 Å². The lowest BCUT2D eigenvalue weighted by Crippen LogP contribution is -2.02. The van der Waals surface area contributed by atoms with Gasteiger partial charge >= 0.3 is 0 Å². The number of nitrogens with two attached hydrogens (primary N) is 1. The van der Waals surface area contributed by atoms with E-state index in [4.69, 9.17) is 5.73 Å². The molecule has 0 aliphatic carbocycles. The number of nitrogens with zero attached hydrogens (tertiary/aromatic N) is 1. The molecule has 0 atom stereocenters. The van der Waals surface area contributed by atoms with Gasteiger partial charge < -0.3 is 11.1 Å². The van der Waals surface area contributed by atoms with E-state index < -0.39 is 0 Å². The van der Waals surface area contributed by atoms with Crippen molar-refractivity contribution in [2.24, 2.45) is 5.73 Å². The molecule has 88 valence electrons. The first-order valence-corrected chi connectivity index (χ1v) is 6.20. The summed E-state index contributed by atoms with van der Waals surface area (Å²) in [5.74, 6) is 0. The molecule has 2 aromatic rings. The van der Waals surface area contributed by atoms with Crippen molar-refractivity contribution in [3.63, 3.8) is 0 Å². The van der Waals surface area contributed by atoms with Crippen molar-refractivity contribution in [1.82, 2.24) is 4.98 Å². The molecule has 0 saturated carbocycles. The second-order valence-corrected chi connectivity index (χ2v) is 4.59. The Balaban J connectivity index is 2.05. The van der Waals surface area contributed by atoms with E-state index in [9.17, 15) is 0 Å². The van der Waals surface area contributed by atoms with E-state index in [1.54, 1.807) is 12.4 Å². The minimum absolute atomic E-state index is 0.576. The minimum atomic E-state index is 0.576. The fourth-order valence-electron chi connectivity index (χ4n) is 1.58. The fourth-order valence-corrected chi connectivity index (χ4v) is 1.97. The first kappa shape index (κ1) is 12.1. The van der Waals surface area contributed by atoms with Crippen molar-refractivity contribution in [2.75, 3.05) is 5.32 Å². The summed E-state index contributed by atoms with van der Waals surface area (Å²) in [5, 5.41) is 3.35. The Morgan fingerprint density at radius 3 is 2.82 bits per heavy atom. The molecule has 0 aliphatic heterocycles. The van der Waals surface area contributed by atoms with Crippen LogP contribution in [0.5, 0.6) is 0 Å². The molecule has 0 radical (unpaired) electrons. The lowest BCUT2D eigenvalue weighted by atomic mass is 10.1. The zero-order valence-electron chi connectivity index (χ0n) is 9.36. The number of rotatable bonds is 4. The molecular weight excluding hydrogens is 278 g/mol. The SMILES string of the molecule is NCc1cccc(CNc2ccncc2Br)c1. The predicted molar refractivity (Wildman–Crippen MR) is 73.6 cm³/mol. The molecule has 0 bridgehead atoms. The summed E-state index contributed by atoms with van der Waals surface area (Å²) in [5.41, 5.74) is 9.02. The fraction of sp³-hybridized carbons (Fsp3) is 0.154. The highest BCUT2D eigenvalue weighted by Crippen LogP contribution is 2.20. The van der Waals surface area contributed by atoms with Gasteiger partial charge in [0.05, 0.1) is 10.2 Å². The lowest BCUT2D eigenvalue weighted by Gasteiger charge is -2.08. The molecule has 3 nitrogen and oxygen atoms in total. The standard InChI is InChI=1S/C13H14BrN3/c14-12-9-16-5-4-13(12)17-8-11-3-1-2-10(6-11)7-15/h1-6,9H,7-8,15H2,(H,16,17). The molecule has 4 heteroatoms. The summed E-state index contributed by atoms with van der Waals surface area (Å²) >= 11 is 3.45. The molecule has 2 rings (SSSR count). The van der Waals surface area contributed by atoms with Crippen LogP contribution in [0.15, 0.2) is 47.2 Å². The Morgan fingerprint density at radius 1 is 1.24 bits per heavy atom. The zero-order chi connectivity index (χ0) is 12.1. The third kappa shape index (κ3) is 3.28. The van der Waals surface area contributed by atoms with Crippen LogP contribution in [0.25, 0.3) is 0 Å². The topological polar surface area (TPSA) is 50.9 Å². The number of anilines is 1. The van der Waals surface area contributed by atoms with Crippen LogP contribution in [-0.4, -0.2) is 4.98 Å². The molecule has 1 aromatic heterocycles. The van der Waals surface area contributed by atoms with E-state index in [-0.39, 0.29) is 0 Å². The van der Waals surface area contributed by atoms with Gasteiger partial charge in [-0.1, -0.05) is 24.3 Å². The number of nitrogens with one attached hydrogen (secondary N) is 1. The molecule has 0 aliphatic rings. The van der Waals surface area contributed by atoms with Gasteiger partial charge in [0.1, 0.15) is 0 Å². The number of hydrogen-bond donors (Lipinski definition) is 2. The Hall–Kier alpha value is -1.39.